The molecule has 6 N–H and O–H groups in total. The SMILES string of the molecule is CCC(CC(CC(C)(C)C(=O)NC[N+](C)(C)CC(O)C[N+](C)(C)C)C(=O)NC(C)(C)CS(=O)(=O)O)C(N)=O. The highest BCUT2D eigenvalue weighted by molar-refractivity contribution is 7.85. The molecule has 0 aliphatic carbocycles. The van der Waals surface area contributed by atoms with Gasteiger partial charge in [-0.1, -0.05) is 20.8 Å². The normalized spacial score (nSPS) is 15.9. The summed E-state index contributed by atoms with van der Waals surface area (Å²) in [5.41, 5.74) is 3.22. The lowest BCUT2D eigenvalue weighted by molar-refractivity contribution is -0.908. The third kappa shape index (κ3) is 15.0. The smallest absolute Gasteiger partial charge is 0.267 e. The molecule has 3 unspecified atom stereocenters. The Morgan fingerprint density at radius 3 is 1.92 bits per heavy atom. The lowest BCUT2D eigenvalue weighted by Gasteiger charge is -2.36. The fourth-order valence-electron chi connectivity index (χ4n) is 4.60. The van der Waals surface area contributed by atoms with Crippen LogP contribution in [0.1, 0.15) is 53.9 Å². The van der Waals surface area contributed by atoms with Crippen LogP contribution in [0.15, 0.2) is 0 Å². The number of rotatable bonds is 17. The molecule has 0 heterocycles. The van der Waals surface area contributed by atoms with Crippen molar-refractivity contribution in [3.8, 4) is 0 Å². The zero-order valence-corrected chi connectivity index (χ0v) is 25.8. The summed E-state index contributed by atoms with van der Waals surface area (Å²) < 4.78 is 33.0. The van der Waals surface area contributed by atoms with Gasteiger partial charge >= 0.3 is 0 Å². The summed E-state index contributed by atoms with van der Waals surface area (Å²) >= 11 is 0. The Kier molecular flexibility index (Phi) is 12.9. The molecule has 0 saturated carbocycles. The van der Waals surface area contributed by atoms with Crippen molar-refractivity contribution in [1.29, 1.82) is 0 Å². The van der Waals surface area contributed by atoms with Gasteiger partial charge in [0.25, 0.3) is 10.1 Å². The molecule has 38 heavy (non-hydrogen) atoms. The Morgan fingerprint density at radius 2 is 1.50 bits per heavy atom. The number of quaternary nitrogens is 2. The van der Waals surface area contributed by atoms with Crippen LogP contribution in [0.2, 0.25) is 0 Å². The Hall–Kier alpha value is -1.80. The summed E-state index contributed by atoms with van der Waals surface area (Å²) in [6.07, 6.45) is 0.0127. The van der Waals surface area contributed by atoms with Crippen molar-refractivity contribution in [3.05, 3.63) is 0 Å². The molecule has 0 aliphatic heterocycles. The third-order valence-electron chi connectivity index (χ3n) is 6.34. The van der Waals surface area contributed by atoms with Crippen molar-refractivity contribution in [1.82, 2.24) is 10.6 Å². The van der Waals surface area contributed by atoms with Crippen molar-refractivity contribution < 1.29 is 41.4 Å². The first kappa shape index (κ1) is 36.2. The summed E-state index contributed by atoms with van der Waals surface area (Å²) in [7, 11) is 5.42. The molecule has 0 radical (unpaired) electrons. The van der Waals surface area contributed by atoms with Crippen LogP contribution < -0.4 is 16.4 Å². The minimum absolute atomic E-state index is 0.0773. The van der Waals surface area contributed by atoms with Gasteiger partial charge in [0.1, 0.15) is 13.1 Å². The fraction of sp³-hybridized carbons (Fsp3) is 0.880. The molecule has 0 fully saturated rings. The topological polar surface area (TPSA) is 176 Å². The minimum Gasteiger partial charge on any atom is -0.382 e. The predicted molar refractivity (Wildman–Crippen MR) is 147 cm³/mol. The summed E-state index contributed by atoms with van der Waals surface area (Å²) in [5.74, 6) is -3.50. The summed E-state index contributed by atoms with van der Waals surface area (Å²) in [6, 6.07) is 0. The second-order valence-corrected chi connectivity index (χ2v) is 15.0. The van der Waals surface area contributed by atoms with Gasteiger partial charge in [0, 0.05) is 17.3 Å². The second kappa shape index (κ2) is 13.5. The predicted octanol–water partition coefficient (Wildman–Crippen LogP) is -0.0797. The average molecular weight is 568 g/mol. The van der Waals surface area contributed by atoms with E-state index in [-0.39, 0.29) is 25.4 Å². The molecule has 0 aliphatic rings. The zero-order chi connectivity index (χ0) is 30.3. The van der Waals surface area contributed by atoms with Gasteiger partial charge in [-0.2, -0.15) is 8.42 Å². The van der Waals surface area contributed by atoms with E-state index in [0.717, 1.165) is 0 Å². The van der Waals surface area contributed by atoms with E-state index < -0.39 is 56.6 Å². The number of carbonyl (C=O) groups excluding carboxylic acids is 3. The van der Waals surface area contributed by atoms with Crippen LogP contribution in [0.25, 0.3) is 0 Å². The largest absolute Gasteiger partial charge is 0.382 e. The molecule has 3 atom stereocenters. The van der Waals surface area contributed by atoms with Gasteiger partial charge in [0.15, 0.2) is 12.8 Å². The Morgan fingerprint density at radius 1 is 0.974 bits per heavy atom. The van der Waals surface area contributed by atoms with Gasteiger partial charge in [0.05, 0.1) is 46.5 Å². The van der Waals surface area contributed by atoms with Gasteiger partial charge in [-0.3, -0.25) is 18.9 Å². The molecule has 0 spiro atoms. The highest BCUT2D eigenvalue weighted by atomic mass is 32.2. The Bertz CT molecular complexity index is 927. The van der Waals surface area contributed by atoms with E-state index >= 15 is 0 Å². The van der Waals surface area contributed by atoms with Crippen LogP contribution in [-0.4, -0.2) is 117 Å². The molecular formula is C25H53N5O7S+2. The van der Waals surface area contributed by atoms with Crippen LogP contribution in [-0.2, 0) is 24.5 Å². The number of likely N-dealkylation sites (N-methyl/N-ethyl adjacent to an activating group) is 2. The molecule has 0 aromatic rings. The van der Waals surface area contributed by atoms with E-state index in [4.69, 9.17) is 5.73 Å². The van der Waals surface area contributed by atoms with Gasteiger partial charge in [-0.05, 0) is 33.1 Å². The van der Waals surface area contributed by atoms with Crippen molar-refractivity contribution >= 4 is 27.8 Å². The molecule has 0 rings (SSSR count). The maximum absolute atomic E-state index is 13.3. The average Bonchev–Trinajstić information content (AvgIpc) is 2.64. The molecule has 13 heteroatoms. The monoisotopic (exact) mass is 567 g/mol. The van der Waals surface area contributed by atoms with Crippen LogP contribution in [0.3, 0.4) is 0 Å². The fourth-order valence-corrected chi connectivity index (χ4v) is 5.58. The Balaban J connectivity index is 5.62. The number of aliphatic hydroxyl groups is 1. The first-order valence-corrected chi connectivity index (χ1v) is 14.6. The number of nitrogens with two attached hydrogens (primary N) is 1. The van der Waals surface area contributed by atoms with Gasteiger partial charge < -0.3 is 30.4 Å². The highest BCUT2D eigenvalue weighted by Gasteiger charge is 2.38. The number of nitrogens with zero attached hydrogens (tertiary/aromatic N) is 2. The second-order valence-electron chi connectivity index (χ2n) is 13.5. The van der Waals surface area contributed by atoms with Crippen LogP contribution in [0, 0.1) is 17.3 Å². The highest BCUT2D eigenvalue weighted by Crippen LogP contribution is 2.31. The van der Waals surface area contributed by atoms with E-state index in [2.05, 4.69) is 10.6 Å². The number of hydrogen-bond donors (Lipinski definition) is 5. The standard InChI is InChI=1S/C25H51N5O7S/c1-11-18(21(26)32)12-19(22(33)28-25(4,5)16-38(35,36)37)13-24(2,3)23(34)27-17-30(9,10)15-20(31)14-29(6,7)8/h18-20,31H,11-17H2,1-10H3,(H3-2,26,27,28,32,33,34,35,36,37)/p+2. The van der Waals surface area contributed by atoms with E-state index in [1.165, 1.54) is 13.8 Å². The number of primary amides is 1. The van der Waals surface area contributed by atoms with Crippen molar-refractivity contribution in [3.63, 3.8) is 0 Å². The number of amides is 3. The van der Waals surface area contributed by atoms with Crippen molar-refractivity contribution in [2.75, 3.05) is 60.7 Å². The van der Waals surface area contributed by atoms with Crippen molar-refractivity contribution in [2.45, 2.75) is 65.5 Å². The van der Waals surface area contributed by atoms with Crippen molar-refractivity contribution in [2.24, 2.45) is 23.0 Å². The van der Waals surface area contributed by atoms with E-state index in [1.54, 1.807) is 20.8 Å². The van der Waals surface area contributed by atoms with Crippen LogP contribution >= 0.6 is 0 Å². The van der Waals surface area contributed by atoms with E-state index in [1.807, 2.05) is 35.2 Å². The minimum atomic E-state index is -4.36. The Labute approximate surface area is 229 Å². The van der Waals surface area contributed by atoms with E-state index in [9.17, 15) is 32.5 Å². The number of aliphatic hydroxyl groups excluding tert-OH is 1. The van der Waals surface area contributed by atoms with Gasteiger partial charge in [-0.15, -0.1) is 0 Å². The zero-order valence-electron chi connectivity index (χ0n) is 25.0. The lowest BCUT2D eigenvalue weighted by Crippen LogP contribution is -2.56. The number of carbonyl (C=O) groups is 3. The summed E-state index contributed by atoms with van der Waals surface area (Å²) in [6.45, 7) is 9.35. The lowest BCUT2D eigenvalue weighted by atomic mass is 9.77. The van der Waals surface area contributed by atoms with Crippen LogP contribution in [0.4, 0.5) is 0 Å². The van der Waals surface area contributed by atoms with E-state index in [0.29, 0.717) is 28.5 Å². The molecule has 0 saturated heterocycles. The summed E-state index contributed by atoms with van der Waals surface area (Å²) in [4.78, 5) is 38.4. The molecule has 0 aromatic heterocycles. The quantitative estimate of drug-likeness (QED) is 0.0927. The molecule has 12 nitrogen and oxygen atoms in total. The third-order valence-corrected chi connectivity index (χ3v) is 7.43. The number of nitrogens with one attached hydrogen (secondary N) is 2. The van der Waals surface area contributed by atoms with Gasteiger partial charge in [-0.25, -0.2) is 0 Å². The summed E-state index contributed by atoms with van der Waals surface area (Å²) in [5, 5.41) is 16.0. The first-order chi connectivity index (χ1) is 16.8. The first-order valence-electron chi connectivity index (χ1n) is 12.9. The van der Waals surface area contributed by atoms with Gasteiger partial charge in [0.2, 0.25) is 17.7 Å². The number of hydrogen-bond acceptors (Lipinski definition) is 6. The molecule has 224 valence electrons. The molecule has 0 aromatic carbocycles. The molecule has 0 bridgehead atoms. The maximum Gasteiger partial charge on any atom is 0.267 e. The maximum atomic E-state index is 13.3. The molecular weight excluding hydrogens is 514 g/mol. The van der Waals surface area contributed by atoms with Crippen LogP contribution in [0.5, 0.6) is 0 Å². The molecule has 3 amide bonds.